The van der Waals surface area contributed by atoms with E-state index in [1.54, 1.807) is 0 Å². The average molecular weight is 777 g/mol. The summed E-state index contributed by atoms with van der Waals surface area (Å²) in [5.41, 5.74) is 11.5. The Labute approximate surface area is 345 Å². The van der Waals surface area contributed by atoms with Crippen LogP contribution in [0.15, 0.2) is 218 Å². The van der Waals surface area contributed by atoms with Crippen LogP contribution in [0.2, 0.25) is 0 Å². The number of rotatable bonds is 8. The Morgan fingerprint density at radius 3 is 1.47 bits per heavy atom. The third kappa shape index (κ3) is 6.02. The maximum Gasteiger partial charge on any atom is 0.0540 e. The summed E-state index contributed by atoms with van der Waals surface area (Å²) in [6, 6.07) is 79.3. The molecule has 0 saturated heterocycles. The standard InChI is InChI=1S/C54H36N2S2/c1-4-16-39(17-5-1)55(43-32-33-46-45-23-11-14-26-50(45)57-52(46)36-43)42-30-28-37(29-31-42)38-34-48(54-47-24-12-15-27-51(47)58-53(54)35-38)44-22-10-13-25-49(44)56(40-18-6-2-7-19-40)41-20-8-3-9-21-41/h1-36H. The minimum Gasteiger partial charge on any atom is -0.310 e. The zero-order valence-electron chi connectivity index (χ0n) is 31.5. The predicted octanol–water partition coefficient (Wildman–Crippen LogP) is 16.7. The smallest absolute Gasteiger partial charge is 0.0540 e. The first-order valence-electron chi connectivity index (χ1n) is 19.6. The molecule has 0 fully saturated rings. The number of benzene rings is 9. The average Bonchev–Trinajstić information content (AvgIpc) is 3.86. The topological polar surface area (TPSA) is 6.48 Å². The Kier molecular flexibility index (Phi) is 8.58. The second-order valence-electron chi connectivity index (χ2n) is 14.5. The van der Waals surface area contributed by atoms with E-state index in [9.17, 15) is 0 Å². The van der Waals surface area contributed by atoms with Crippen molar-refractivity contribution in [3.63, 3.8) is 0 Å². The van der Waals surface area contributed by atoms with Crippen LogP contribution in [0, 0.1) is 0 Å². The summed E-state index contributed by atoms with van der Waals surface area (Å²) in [5, 5.41) is 5.20. The number of anilines is 6. The SMILES string of the molecule is c1ccc(N(c2ccc(-c3cc(-c4ccccc4N(c4ccccc4)c4ccccc4)c4c(c3)sc3ccccc34)cc2)c2ccc3c(c2)sc2ccccc23)cc1. The molecule has 2 aromatic heterocycles. The zero-order valence-corrected chi connectivity index (χ0v) is 33.1. The van der Waals surface area contributed by atoms with Crippen LogP contribution in [-0.4, -0.2) is 0 Å². The van der Waals surface area contributed by atoms with Crippen molar-refractivity contribution >= 4 is 97.1 Å². The molecule has 0 saturated carbocycles. The normalized spacial score (nSPS) is 11.4. The van der Waals surface area contributed by atoms with Gasteiger partial charge in [-0.1, -0.05) is 127 Å². The van der Waals surface area contributed by atoms with Gasteiger partial charge in [-0.3, -0.25) is 0 Å². The van der Waals surface area contributed by atoms with Crippen LogP contribution in [0.5, 0.6) is 0 Å². The van der Waals surface area contributed by atoms with Crippen LogP contribution >= 0.6 is 22.7 Å². The largest absolute Gasteiger partial charge is 0.310 e. The summed E-state index contributed by atoms with van der Waals surface area (Å²) in [6.07, 6.45) is 0. The predicted molar refractivity (Wildman–Crippen MR) is 252 cm³/mol. The highest BCUT2D eigenvalue weighted by Gasteiger charge is 2.21. The van der Waals surface area contributed by atoms with Crippen LogP contribution in [0.3, 0.4) is 0 Å². The van der Waals surface area contributed by atoms with E-state index in [0.29, 0.717) is 0 Å². The molecular formula is C54H36N2S2. The lowest BCUT2D eigenvalue weighted by atomic mass is 9.93. The summed E-state index contributed by atoms with van der Waals surface area (Å²) < 4.78 is 5.18. The van der Waals surface area contributed by atoms with Gasteiger partial charge < -0.3 is 9.80 Å². The first kappa shape index (κ1) is 34.3. The number of hydrogen-bond acceptors (Lipinski definition) is 4. The molecule has 2 nitrogen and oxygen atoms in total. The highest BCUT2D eigenvalue weighted by atomic mass is 32.1. The van der Waals surface area contributed by atoms with Gasteiger partial charge in [-0.05, 0) is 108 Å². The fourth-order valence-electron chi connectivity index (χ4n) is 8.39. The third-order valence-corrected chi connectivity index (χ3v) is 13.3. The second-order valence-corrected chi connectivity index (χ2v) is 16.7. The van der Waals surface area contributed by atoms with Gasteiger partial charge in [-0.15, -0.1) is 22.7 Å². The molecule has 11 aromatic rings. The van der Waals surface area contributed by atoms with Crippen molar-refractivity contribution in [1.29, 1.82) is 0 Å². The van der Waals surface area contributed by atoms with Crippen molar-refractivity contribution in [2.75, 3.05) is 9.80 Å². The second kappa shape index (κ2) is 14.5. The summed E-state index contributed by atoms with van der Waals surface area (Å²) in [5.74, 6) is 0. The van der Waals surface area contributed by atoms with Gasteiger partial charge in [0.25, 0.3) is 0 Å². The Morgan fingerprint density at radius 1 is 0.276 bits per heavy atom. The Hall–Kier alpha value is -6.98. The van der Waals surface area contributed by atoms with E-state index in [2.05, 4.69) is 228 Å². The van der Waals surface area contributed by atoms with Gasteiger partial charge >= 0.3 is 0 Å². The van der Waals surface area contributed by atoms with Crippen molar-refractivity contribution in [3.05, 3.63) is 218 Å². The van der Waals surface area contributed by atoms with Crippen LogP contribution in [-0.2, 0) is 0 Å². The van der Waals surface area contributed by atoms with Crippen molar-refractivity contribution in [2.45, 2.75) is 0 Å². The summed E-state index contributed by atoms with van der Waals surface area (Å²) in [4.78, 5) is 4.75. The van der Waals surface area contributed by atoms with Gasteiger partial charge in [-0.2, -0.15) is 0 Å². The van der Waals surface area contributed by atoms with E-state index < -0.39 is 0 Å². The number of hydrogen-bond donors (Lipinski definition) is 0. The lowest BCUT2D eigenvalue weighted by molar-refractivity contribution is 1.28. The lowest BCUT2D eigenvalue weighted by Gasteiger charge is -2.28. The molecule has 11 rings (SSSR count). The summed E-state index contributed by atoms with van der Waals surface area (Å²) >= 11 is 3.73. The fraction of sp³-hybridized carbons (Fsp3) is 0. The van der Waals surface area contributed by atoms with Crippen LogP contribution in [0.1, 0.15) is 0 Å². The van der Waals surface area contributed by atoms with Gasteiger partial charge in [0.05, 0.1) is 5.69 Å². The molecule has 274 valence electrons. The number of thiophene rings is 2. The van der Waals surface area contributed by atoms with E-state index in [1.165, 1.54) is 62.6 Å². The van der Waals surface area contributed by atoms with Gasteiger partial charge in [0.2, 0.25) is 0 Å². The summed E-state index contributed by atoms with van der Waals surface area (Å²) in [7, 11) is 0. The maximum absolute atomic E-state index is 2.41. The summed E-state index contributed by atoms with van der Waals surface area (Å²) in [6.45, 7) is 0. The molecule has 0 aliphatic carbocycles. The molecule has 58 heavy (non-hydrogen) atoms. The number of para-hydroxylation sites is 4. The Balaban J connectivity index is 1.06. The van der Waals surface area contributed by atoms with Gasteiger partial charge in [0.15, 0.2) is 0 Å². The Bertz CT molecular complexity index is 3180. The first-order chi connectivity index (χ1) is 28.8. The van der Waals surface area contributed by atoms with Crippen molar-refractivity contribution < 1.29 is 0 Å². The van der Waals surface area contributed by atoms with Gasteiger partial charge in [0, 0.05) is 74.3 Å². The molecule has 2 heterocycles. The molecule has 0 unspecified atom stereocenters. The lowest BCUT2D eigenvalue weighted by Crippen LogP contribution is -2.11. The fourth-order valence-corrected chi connectivity index (χ4v) is 10.7. The molecule has 0 atom stereocenters. The van der Waals surface area contributed by atoms with Crippen LogP contribution in [0.4, 0.5) is 34.1 Å². The number of nitrogens with zero attached hydrogens (tertiary/aromatic N) is 2. The quantitative estimate of drug-likeness (QED) is 0.152. The highest BCUT2D eigenvalue weighted by molar-refractivity contribution is 7.26. The molecule has 9 aromatic carbocycles. The van der Waals surface area contributed by atoms with E-state index >= 15 is 0 Å². The van der Waals surface area contributed by atoms with E-state index in [4.69, 9.17) is 0 Å². The van der Waals surface area contributed by atoms with Crippen molar-refractivity contribution in [1.82, 2.24) is 0 Å². The van der Waals surface area contributed by atoms with E-state index in [1.807, 2.05) is 22.7 Å². The Morgan fingerprint density at radius 2 is 0.776 bits per heavy atom. The van der Waals surface area contributed by atoms with Gasteiger partial charge in [0.1, 0.15) is 0 Å². The maximum atomic E-state index is 2.41. The van der Waals surface area contributed by atoms with E-state index in [-0.39, 0.29) is 0 Å². The molecule has 0 bridgehead atoms. The molecule has 0 N–H and O–H groups in total. The minimum atomic E-state index is 1.12. The van der Waals surface area contributed by atoms with Crippen molar-refractivity contribution in [2.24, 2.45) is 0 Å². The molecule has 0 radical (unpaired) electrons. The monoisotopic (exact) mass is 776 g/mol. The minimum absolute atomic E-state index is 1.12. The third-order valence-electron chi connectivity index (χ3n) is 11.0. The zero-order chi connectivity index (χ0) is 38.4. The van der Waals surface area contributed by atoms with Crippen LogP contribution in [0.25, 0.3) is 62.6 Å². The van der Waals surface area contributed by atoms with E-state index in [0.717, 1.165) is 34.1 Å². The highest BCUT2D eigenvalue weighted by Crippen LogP contribution is 2.48. The molecule has 0 amide bonds. The van der Waals surface area contributed by atoms with Crippen molar-refractivity contribution in [3.8, 4) is 22.3 Å². The molecule has 0 spiro atoms. The first-order valence-corrected chi connectivity index (χ1v) is 21.2. The number of fused-ring (bicyclic) bond motifs is 6. The molecular weight excluding hydrogens is 741 g/mol. The molecule has 4 heteroatoms. The molecule has 0 aliphatic rings. The van der Waals surface area contributed by atoms with Crippen LogP contribution < -0.4 is 9.80 Å². The van der Waals surface area contributed by atoms with Gasteiger partial charge in [-0.25, -0.2) is 0 Å². The molecule has 0 aliphatic heterocycles.